The lowest BCUT2D eigenvalue weighted by molar-refractivity contribution is 0.292. The fourth-order valence-electron chi connectivity index (χ4n) is 1.97. The maximum atomic E-state index is 12.6. The van der Waals surface area contributed by atoms with Gasteiger partial charge in [0, 0.05) is 13.6 Å². The fourth-order valence-corrected chi connectivity index (χ4v) is 3.38. The number of hydrogen-bond acceptors (Lipinski definition) is 3. The van der Waals surface area contributed by atoms with E-state index in [9.17, 15) is 8.42 Å². The molecule has 1 aromatic carbocycles. The second-order valence-corrected chi connectivity index (χ2v) is 8.40. The van der Waals surface area contributed by atoms with E-state index >= 15 is 0 Å². The molecule has 6 heteroatoms. The first-order chi connectivity index (χ1) is 9.10. The molecule has 0 spiro atoms. The molecule has 0 heterocycles. The van der Waals surface area contributed by atoms with Crippen LogP contribution < -0.4 is 5.73 Å². The standard InChI is InChI=1S/C15H26N2O2S.ClH/c1-12(2)13-7-6-8-14(9-13)20(18,19)17(5)11-15(3,4)10-16;/h6-9,12H,10-11,16H2,1-5H3;1H. The molecule has 0 atom stereocenters. The van der Waals surface area contributed by atoms with E-state index in [0.29, 0.717) is 23.9 Å². The Balaban J connectivity index is 0.00000400. The van der Waals surface area contributed by atoms with Crippen molar-refractivity contribution >= 4 is 22.4 Å². The number of halogens is 1. The van der Waals surface area contributed by atoms with Crippen LogP contribution in [0.2, 0.25) is 0 Å². The second kappa shape index (κ2) is 7.58. The van der Waals surface area contributed by atoms with Gasteiger partial charge in [0.05, 0.1) is 4.90 Å². The Bertz CT molecular complexity index is 557. The lowest BCUT2D eigenvalue weighted by Crippen LogP contribution is -2.39. The van der Waals surface area contributed by atoms with Crippen LogP contribution in [0.15, 0.2) is 29.2 Å². The van der Waals surface area contributed by atoms with Gasteiger partial charge in [0.25, 0.3) is 0 Å². The van der Waals surface area contributed by atoms with Crippen molar-refractivity contribution in [3.05, 3.63) is 29.8 Å². The Morgan fingerprint density at radius 1 is 1.29 bits per heavy atom. The van der Waals surface area contributed by atoms with E-state index in [0.717, 1.165) is 5.56 Å². The van der Waals surface area contributed by atoms with Gasteiger partial charge < -0.3 is 5.73 Å². The molecule has 2 N–H and O–H groups in total. The van der Waals surface area contributed by atoms with Crippen molar-refractivity contribution in [2.75, 3.05) is 20.1 Å². The predicted molar refractivity (Wildman–Crippen MR) is 90.4 cm³/mol. The molecule has 0 unspecified atom stereocenters. The van der Waals surface area contributed by atoms with E-state index in [1.54, 1.807) is 25.2 Å². The van der Waals surface area contributed by atoms with Gasteiger partial charge in [0.2, 0.25) is 10.0 Å². The Hall–Kier alpha value is -0.620. The molecule has 0 saturated heterocycles. The molecule has 1 aromatic rings. The zero-order valence-electron chi connectivity index (χ0n) is 13.5. The highest BCUT2D eigenvalue weighted by Crippen LogP contribution is 2.23. The van der Waals surface area contributed by atoms with Gasteiger partial charge >= 0.3 is 0 Å². The molecule has 4 nitrogen and oxygen atoms in total. The molecule has 0 aliphatic heterocycles. The van der Waals surface area contributed by atoms with Crippen molar-refractivity contribution in [2.45, 2.75) is 38.5 Å². The summed E-state index contributed by atoms with van der Waals surface area (Å²) in [7, 11) is -1.85. The largest absolute Gasteiger partial charge is 0.330 e. The van der Waals surface area contributed by atoms with Crippen molar-refractivity contribution in [2.24, 2.45) is 11.1 Å². The van der Waals surface area contributed by atoms with E-state index in [-0.39, 0.29) is 17.8 Å². The van der Waals surface area contributed by atoms with Crippen molar-refractivity contribution in [3.8, 4) is 0 Å². The van der Waals surface area contributed by atoms with Crippen molar-refractivity contribution in [1.29, 1.82) is 0 Å². The number of nitrogens with zero attached hydrogens (tertiary/aromatic N) is 1. The average Bonchev–Trinajstić information content (AvgIpc) is 2.38. The number of nitrogens with two attached hydrogens (primary N) is 1. The minimum Gasteiger partial charge on any atom is -0.330 e. The third-order valence-electron chi connectivity index (χ3n) is 3.44. The second-order valence-electron chi connectivity index (χ2n) is 6.36. The normalized spacial score (nSPS) is 12.6. The van der Waals surface area contributed by atoms with Gasteiger partial charge in [-0.25, -0.2) is 12.7 Å². The Morgan fingerprint density at radius 2 is 1.86 bits per heavy atom. The molecule has 0 fully saturated rings. The van der Waals surface area contributed by atoms with Crippen LogP contribution in [0.3, 0.4) is 0 Å². The van der Waals surface area contributed by atoms with E-state index in [1.165, 1.54) is 4.31 Å². The van der Waals surface area contributed by atoms with Crippen LogP contribution in [0, 0.1) is 5.41 Å². The maximum Gasteiger partial charge on any atom is 0.242 e. The van der Waals surface area contributed by atoms with E-state index in [2.05, 4.69) is 0 Å². The summed E-state index contributed by atoms with van der Waals surface area (Å²) in [5, 5.41) is 0. The van der Waals surface area contributed by atoms with Gasteiger partial charge in [-0.1, -0.05) is 39.8 Å². The smallest absolute Gasteiger partial charge is 0.242 e. The van der Waals surface area contributed by atoms with E-state index in [1.807, 2.05) is 33.8 Å². The Labute approximate surface area is 135 Å². The molecule has 0 aliphatic carbocycles. The minimum absolute atomic E-state index is 0. The molecule has 0 bridgehead atoms. The van der Waals surface area contributed by atoms with Gasteiger partial charge in [-0.2, -0.15) is 0 Å². The summed E-state index contributed by atoms with van der Waals surface area (Å²) in [6, 6.07) is 7.15. The molecule has 122 valence electrons. The number of sulfonamides is 1. The summed E-state index contributed by atoms with van der Waals surface area (Å²) in [4.78, 5) is 0.346. The molecule has 0 saturated carbocycles. The summed E-state index contributed by atoms with van der Waals surface area (Å²) in [5.41, 5.74) is 6.47. The molecule has 0 aliphatic rings. The van der Waals surface area contributed by atoms with Crippen LogP contribution in [0.1, 0.15) is 39.2 Å². The summed E-state index contributed by atoms with van der Waals surface area (Å²) >= 11 is 0. The lowest BCUT2D eigenvalue weighted by atomic mass is 9.94. The SMILES string of the molecule is CC(C)c1cccc(S(=O)(=O)N(C)CC(C)(C)CN)c1.Cl. The van der Waals surface area contributed by atoms with Gasteiger partial charge in [0.1, 0.15) is 0 Å². The summed E-state index contributed by atoms with van der Waals surface area (Å²) in [6.45, 7) is 8.86. The van der Waals surface area contributed by atoms with E-state index < -0.39 is 10.0 Å². The van der Waals surface area contributed by atoms with Crippen LogP contribution in [0.4, 0.5) is 0 Å². The van der Waals surface area contributed by atoms with Crippen LogP contribution >= 0.6 is 12.4 Å². The predicted octanol–water partition coefficient (Wildman–Crippen LogP) is 2.84. The number of benzene rings is 1. The highest BCUT2D eigenvalue weighted by molar-refractivity contribution is 7.89. The molecular formula is C15H27ClN2O2S. The first kappa shape index (κ1) is 20.4. The molecule has 0 amide bonds. The molecular weight excluding hydrogens is 308 g/mol. The summed E-state index contributed by atoms with van der Waals surface area (Å²) < 4.78 is 26.6. The zero-order valence-corrected chi connectivity index (χ0v) is 15.1. The minimum atomic E-state index is -3.46. The van der Waals surface area contributed by atoms with Crippen molar-refractivity contribution in [1.82, 2.24) is 4.31 Å². The topological polar surface area (TPSA) is 63.4 Å². The zero-order chi connectivity index (χ0) is 15.6. The summed E-state index contributed by atoms with van der Waals surface area (Å²) in [5.74, 6) is 0.302. The van der Waals surface area contributed by atoms with Crippen LogP contribution in [-0.2, 0) is 10.0 Å². The molecule has 21 heavy (non-hydrogen) atoms. The van der Waals surface area contributed by atoms with Crippen molar-refractivity contribution < 1.29 is 8.42 Å². The van der Waals surface area contributed by atoms with Gasteiger partial charge in [0.15, 0.2) is 0 Å². The number of rotatable bonds is 6. The average molecular weight is 335 g/mol. The lowest BCUT2D eigenvalue weighted by Gasteiger charge is -2.28. The third-order valence-corrected chi connectivity index (χ3v) is 5.24. The van der Waals surface area contributed by atoms with Crippen molar-refractivity contribution in [3.63, 3.8) is 0 Å². The molecule has 0 radical (unpaired) electrons. The van der Waals surface area contributed by atoms with Crippen LogP contribution in [0.5, 0.6) is 0 Å². The maximum absolute atomic E-state index is 12.6. The van der Waals surface area contributed by atoms with Gasteiger partial charge in [-0.3, -0.25) is 0 Å². The highest BCUT2D eigenvalue weighted by atomic mass is 35.5. The third kappa shape index (κ3) is 5.25. The van der Waals surface area contributed by atoms with Crippen LogP contribution in [-0.4, -0.2) is 32.9 Å². The highest BCUT2D eigenvalue weighted by Gasteiger charge is 2.27. The summed E-state index contributed by atoms with van der Waals surface area (Å²) in [6.07, 6.45) is 0. The van der Waals surface area contributed by atoms with Crippen LogP contribution in [0.25, 0.3) is 0 Å². The fraction of sp³-hybridized carbons (Fsp3) is 0.600. The quantitative estimate of drug-likeness (QED) is 0.870. The number of hydrogen-bond donors (Lipinski definition) is 1. The Morgan fingerprint density at radius 3 is 2.33 bits per heavy atom. The molecule has 0 aromatic heterocycles. The Kier molecular flexibility index (Phi) is 7.36. The van der Waals surface area contributed by atoms with E-state index in [4.69, 9.17) is 5.73 Å². The first-order valence-corrected chi connectivity index (χ1v) is 8.30. The first-order valence-electron chi connectivity index (χ1n) is 6.86. The monoisotopic (exact) mass is 334 g/mol. The molecule has 1 rings (SSSR count). The van der Waals surface area contributed by atoms with Gasteiger partial charge in [-0.05, 0) is 35.6 Å². The van der Waals surface area contributed by atoms with Gasteiger partial charge in [-0.15, -0.1) is 12.4 Å².